The Labute approximate surface area is 154 Å². The van der Waals surface area contributed by atoms with Crippen LogP contribution in [0.5, 0.6) is 5.75 Å². The predicted octanol–water partition coefficient (Wildman–Crippen LogP) is 4.29. The third-order valence-electron chi connectivity index (χ3n) is 4.91. The maximum Gasteiger partial charge on any atom is 0.131 e. The number of benzene rings is 2. The molecule has 0 bridgehead atoms. The molecule has 3 aromatic rings. The average Bonchev–Trinajstić information content (AvgIpc) is 2.90. The average molecular weight is 345 g/mol. The van der Waals surface area contributed by atoms with Crippen LogP contribution in [0.1, 0.15) is 17.5 Å². The normalized spacial score (nSPS) is 13.8. The van der Waals surface area contributed by atoms with Crippen LogP contribution in [0.2, 0.25) is 0 Å². The number of pyridine rings is 1. The highest BCUT2D eigenvalue weighted by Crippen LogP contribution is 2.30. The van der Waals surface area contributed by atoms with Gasteiger partial charge >= 0.3 is 0 Å². The Hall–Kier alpha value is -3.01. The lowest BCUT2D eigenvalue weighted by molar-refractivity contribution is 0.415. The van der Waals surface area contributed by atoms with Gasteiger partial charge < -0.3 is 15.4 Å². The Morgan fingerprint density at radius 1 is 0.962 bits per heavy atom. The Morgan fingerprint density at radius 2 is 1.81 bits per heavy atom. The van der Waals surface area contributed by atoms with E-state index >= 15 is 0 Å². The molecular weight excluding hydrogens is 322 g/mol. The summed E-state index contributed by atoms with van der Waals surface area (Å²) in [6, 6.07) is 20.7. The van der Waals surface area contributed by atoms with Crippen LogP contribution in [0, 0.1) is 0 Å². The molecule has 4 rings (SSSR count). The second-order valence-electron chi connectivity index (χ2n) is 6.66. The molecule has 0 atom stereocenters. The number of fused-ring (bicyclic) bond motifs is 1. The molecule has 4 nitrogen and oxygen atoms in total. The molecule has 0 spiro atoms. The number of anilines is 2. The van der Waals surface area contributed by atoms with E-state index in [2.05, 4.69) is 46.3 Å². The van der Waals surface area contributed by atoms with Gasteiger partial charge in [-0.1, -0.05) is 36.4 Å². The highest BCUT2D eigenvalue weighted by molar-refractivity contribution is 5.71. The van der Waals surface area contributed by atoms with Crippen molar-refractivity contribution in [3.8, 4) is 16.9 Å². The quantitative estimate of drug-likeness (QED) is 0.769. The number of nitrogens with zero attached hydrogens (tertiary/aromatic N) is 2. The molecule has 132 valence electrons. The molecule has 2 heterocycles. The number of methoxy groups -OCH3 is 1. The van der Waals surface area contributed by atoms with Gasteiger partial charge in [0.05, 0.1) is 7.11 Å². The Bertz CT molecular complexity index is 923. The standard InChI is InChI=1S/C22H23N3O/c1-26-20-10-4-8-17(12-20)19-13-21(23)24-22(14-19)25-11-5-9-16-6-2-3-7-18(16)15-25/h2-4,6-8,10,12-14H,5,9,11,15H2,1H3,(H2,23,24). The highest BCUT2D eigenvalue weighted by atomic mass is 16.5. The number of hydrogen-bond acceptors (Lipinski definition) is 4. The minimum Gasteiger partial charge on any atom is -0.497 e. The van der Waals surface area contributed by atoms with Crippen molar-refractivity contribution in [3.05, 3.63) is 71.8 Å². The van der Waals surface area contributed by atoms with Gasteiger partial charge in [-0.05, 0) is 59.4 Å². The van der Waals surface area contributed by atoms with E-state index in [4.69, 9.17) is 10.5 Å². The summed E-state index contributed by atoms with van der Waals surface area (Å²) >= 11 is 0. The largest absolute Gasteiger partial charge is 0.497 e. The highest BCUT2D eigenvalue weighted by Gasteiger charge is 2.16. The van der Waals surface area contributed by atoms with Gasteiger partial charge in [-0.3, -0.25) is 0 Å². The van der Waals surface area contributed by atoms with Gasteiger partial charge in [-0.15, -0.1) is 0 Å². The second kappa shape index (κ2) is 7.08. The summed E-state index contributed by atoms with van der Waals surface area (Å²) in [6.07, 6.45) is 2.22. The minimum absolute atomic E-state index is 0.540. The van der Waals surface area contributed by atoms with Crippen LogP contribution in [0.25, 0.3) is 11.1 Å². The maximum absolute atomic E-state index is 6.14. The summed E-state index contributed by atoms with van der Waals surface area (Å²) in [5.74, 6) is 2.31. The molecular formula is C22H23N3O. The zero-order chi connectivity index (χ0) is 17.9. The van der Waals surface area contributed by atoms with Crippen molar-refractivity contribution in [2.24, 2.45) is 0 Å². The third-order valence-corrected chi connectivity index (χ3v) is 4.91. The zero-order valence-electron chi connectivity index (χ0n) is 15.0. The summed E-state index contributed by atoms with van der Waals surface area (Å²) in [4.78, 5) is 6.94. The Kier molecular flexibility index (Phi) is 4.48. The number of nitrogen functional groups attached to an aromatic ring is 1. The van der Waals surface area contributed by atoms with Crippen molar-refractivity contribution in [2.75, 3.05) is 24.3 Å². The van der Waals surface area contributed by atoms with Gasteiger partial charge in [0, 0.05) is 13.1 Å². The van der Waals surface area contributed by atoms with Gasteiger partial charge in [0.25, 0.3) is 0 Å². The predicted molar refractivity (Wildman–Crippen MR) is 106 cm³/mol. The van der Waals surface area contributed by atoms with Gasteiger partial charge in [0.1, 0.15) is 17.4 Å². The van der Waals surface area contributed by atoms with Crippen molar-refractivity contribution in [1.82, 2.24) is 4.98 Å². The van der Waals surface area contributed by atoms with Crippen molar-refractivity contribution in [3.63, 3.8) is 0 Å². The number of hydrogen-bond donors (Lipinski definition) is 1. The lowest BCUT2D eigenvalue weighted by Crippen LogP contribution is -2.23. The molecule has 1 aromatic heterocycles. The first-order chi connectivity index (χ1) is 12.7. The smallest absolute Gasteiger partial charge is 0.131 e. The van der Waals surface area contributed by atoms with Crippen molar-refractivity contribution < 1.29 is 4.74 Å². The van der Waals surface area contributed by atoms with E-state index in [0.29, 0.717) is 5.82 Å². The summed E-state index contributed by atoms with van der Waals surface area (Å²) in [5, 5.41) is 0. The molecule has 4 heteroatoms. The topological polar surface area (TPSA) is 51.4 Å². The molecule has 0 fully saturated rings. The number of aromatic nitrogens is 1. The molecule has 0 amide bonds. The van der Waals surface area contributed by atoms with E-state index in [1.807, 2.05) is 24.3 Å². The number of rotatable bonds is 3. The summed E-state index contributed by atoms with van der Waals surface area (Å²) in [6.45, 7) is 1.84. The van der Waals surface area contributed by atoms with Crippen molar-refractivity contribution in [2.45, 2.75) is 19.4 Å². The van der Waals surface area contributed by atoms with Gasteiger partial charge in [-0.2, -0.15) is 0 Å². The molecule has 1 aliphatic heterocycles. The SMILES string of the molecule is COc1cccc(-c2cc(N)nc(N3CCCc4ccccc4C3)c2)c1. The summed E-state index contributed by atoms with van der Waals surface area (Å²) < 4.78 is 5.35. The molecule has 0 unspecified atom stereocenters. The van der Waals surface area contributed by atoms with Crippen LogP contribution in [-0.2, 0) is 13.0 Å². The van der Waals surface area contributed by atoms with Crippen molar-refractivity contribution >= 4 is 11.6 Å². The van der Waals surface area contributed by atoms with Gasteiger partial charge in [0.2, 0.25) is 0 Å². The molecule has 1 aliphatic rings. The minimum atomic E-state index is 0.540. The van der Waals surface area contributed by atoms with Gasteiger partial charge in [-0.25, -0.2) is 4.98 Å². The molecule has 0 aliphatic carbocycles. The van der Waals surface area contributed by atoms with Crippen LogP contribution in [-0.4, -0.2) is 18.6 Å². The summed E-state index contributed by atoms with van der Waals surface area (Å²) in [7, 11) is 1.68. The fourth-order valence-corrected chi connectivity index (χ4v) is 3.56. The molecule has 0 radical (unpaired) electrons. The molecule has 26 heavy (non-hydrogen) atoms. The van der Waals surface area contributed by atoms with Crippen LogP contribution in [0.15, 0.2) is 60.7 Å². The lowest BCUT2D eigenvalue weighted by atomic mass is 10.0. The Balaban J connectivity index is 1.70. The van der Waals surface area contributed by atoms with E-state index in [1.165, 1.54) is 11.1 Å². The second-order valence-corrected chi connectivity index (χ2v) is 6.66. The van der Waals surface area contributed by atoms with E-state index < -0.39 is 0 Å². The van der Waals surface area contributed by atoms with E-state index in [0.717, 1.165) is 48.6 Å². The van der Waals surface area contributed by atoms with Crippen molar-refractivity contribution in [1.29, 1.82) is 0 Å². The lowest BCUT2D eigenvalue weighted by Gasteiger charge is -2.23. The fourth-order valence-electron chi connectivity index (χ4n) is 3.56. The molecule has 2 N–H and O–H groups in total. The molecule has 0 saturated heterocycles. The number of nitrogens with two attached hydrogens (primary N) is 1. The van der Waals surface area contributed by atoms with Crippen LogP contribution in [0.3, 0.4) is 0 Å². The molecule has 0 saturated carbocycles. The molecule has 2 aromatic carbocycles. The van der Waals surface area contributed by atoms with Crippen LogP contribution in [0.4, 0.5) is 11.6 Å². The number of aryl methyl sites for hydroxylation is 1. The third kappa shape index (κ3) is 3.36. The van der Waals surface area contributed by atoms with Crippen LogP contribution >= 0.6 is 0 Å². The first kappa shape index (κ1) is 16.5. The fraction of sp³-hybridized carbons (Fsp3) is 0.227. The Morgan fingerprint density at radius 3 is 2.65 bits per heavy atom. The first-order valence-electron chi connectivity index (χ1n) is 8.96. The van der Waals surface area contributed by atoms with E-state index in [1.54, 1.807) is 7.11 Å². The maximum atomic E-state index is 6.14. The number of ether oxygens (including phenoxy) is 1. The zero-order valence-corrected chi connectivity index (χ0v) is 15.0. The van der Waals surface area contributed by atoms with E-state index in [-0.39, 0.29) is 0 Å². The van der Waals surface area contributed by atoms with E-state index in [9.17, 15) is 0 Å². The van der Waals surface area contributed by atoms with Crippen LogP contribution < -0.4 is 15.4 Å². The first-order valence-corrected chi connectivity index (χ1v) is 8.96. The monoisotopic (exact) mass is 345 g/mol. The summed E-state index contributed by atoms with van der Waals surface area (Å²) in [5.41, 5.74) is 11.1. The van der Waals surface area contributed by atoms with Gasteiger partial charge in [0.15, 0.2) is 0 Å².